The predicted octanol–water partition coefficient (Wildman–Crippen LogP) is 3.24. The van der Waals surface area contributed by atoms with E-state index in [1.54, 1.807) is 0 Å². The molecule has 0 saturated heterocycles. The minimum Gasteiger partial charge on any atom is -0.404 e. The van der Waals surface area contributed by atoms with Crippen LogP contribution in [0.3, 0.4) is 0 Å². The Balaban J connectivity index is 1.57. The van der Waals surface area contributed by atoms with Crippen LogP contribution < -0.4 is 27.0 Å². The van der Waals surface area contributed by atoms with Crippen LogP contribution in [0, 0.1) is 5.82 Å². The van der Waals surface area contributed by atoms with Crippen LogP contribution >= 0.6 is 0 Å². The van der Waals surface area contributed by atoms with Gasteiger partial charge in [-0.1, -0.05) is 6.58 Å². The lowest BCUT2D eigenvalue weighted by molar-refractivity contribution is -0.137. The van der Waals surface area contributed by atoms with Crippen molar-refractivity contribution in [2.24, 2.45) is 10.7 Å². The third kappa shape index (κ3) is 7.31. The van der Waals surface area contributed by atoms with Gasteiger partial charge >= 0.3 is 6.18 Å². The first kappa shape index (κ1) is 28.2. The molecule has 1 fully saturated rings. The summed E-state index contributed by atoms with van der Waals surface area (Å²) in [6.45, 7) is 6.17. The molecule has 0 atom stereocenters. The number of hydrogen-bond acceptors (Lipinski definition) is 7. The first-order chi connectivity index (χ1) is 18.0. The lowest BCUT2D eigenvalue weighted by Gasteiger charge is -2.17. The maximum Gasteiger partial charge on any atom is 0.418 e. The molecule has 0 unspecified atom stereocenters. The van der Waals surface area contributed by atoms with E-state index in [9.17, 15) is 27.2 Å². The Hall–Kier alpha value is -4.42. The fraction of sp³-hybridized carbons (Fsp3) is 0.280. The third-order valence-electron chi connectivity index (χ3n) is 5.54. The van der Waals surface area contributed by atoms with Gasteiger partial charge in [-0.15, -0.1) is 0 Å². The Morgan fingerprint density at radius 1 is 1.21 bits per heavy atom. The number of aromatic nitrogens is 1. The average Bonchev–Trinajstić information content (AvgIpc) is 3.65. The Morgan fingerprint density at radius 3 is 2.53 bits per heavy atom. The molecule has 1 aromatic carbocycles. The number of aliphatic imine (C=N–C) groups is 1. The molecule has 0 bridgehead atoms. The highest BCUT2D eigenvalue weighted by Gasteiger charge is 2.51. The van der Waals surface area contributed by atoms with E-state index in [1.807, 2.05) is 6.92 Å². The zero-order valence-electron chi connectivity index (χ0n) is 20.5. The van der Waals surface area contributed by atoms with E-state index < -0.39 is 34.9 Å². The number of anilines is 2. The van der Waals surface area contributed by atoms with Gasteiger partial charge in [-0.25, -0.2) is 9.38 Å². The van der Waals surface area contributed by atoms with Crippen molar-refractivity contribution in [2.45, 2.75) is 38.0 Å². The van der Waals surface area contributed by atoms with E-state index in [0.717, 1.165) is 18.3 Å². The molecule has 1 saturated carbocycles. The highest BCUT2D eigenvalue weighted by molar-refractivity contribution is 6.13. The summed E-state index contributed by atoms with van der Waals surface area (Å²) in [4.78, 5) is 33.5. The van der Waals surface area contributed by atoms with Crippen molar-refractivity contribution in [3.63, 3.8) is 0 Å². The number of carbonyl (C=O) groups is 2. The van der Waals surface area contributed by atoms with E-state index in [2.05, 4.69) is 37.8 Å². The first-order valence-corrected chi connectivity index (χ1v) is 11.6. The largest absolute Gasteiger partial charge is 0.418 e. The molecule has 3 rings (SSSR count). The number of nitrogens with two attached hydrogens (primary N) is 1. The first-order valence-electron chi connectivity index (χ1n) is 11.6. The molecule has 38 heavy (non-hydrogen) atoms. The fourth-order valence-electron chi connectivity index (χ4n) is 3.36. The number of hydrogen-bond donors (Lipinski definition) is 5. The average molecular weight is 534 g/mol. The third-order valence-corrected chi connectivity index (χ3v) is 5.54. The van der Waals surface area contributed by atoms with Gasteiger partial charge in [0.05, 0.1) is 40.9 Å². The topological polar surface area (TPSA) is 134 Å². The van der Waals surface area contributed by atoms with Crippen molar-refractivity contribution in [2.75, 3.05) is 11.9 Å². The van der Waals surface area contributed by atoms with Crippen LogP contribution in [0.2, 0.25) is 0 Å². The van der Waals surface area contributed by atoms with E-state index in [4.69, 9.17) is 5.73 Å². The molecule has 9 nitrogen and oxygen atoms in total. The molecule has 1 heterocycles. The predicted molar refractivity (Wildman–Crippen MR) is 134 cm³/mol. The molecular weight excluding hydrogens is 506 g/mol. The lowest BCUT2D eigenvalue weighted by Crippen LogP contribution is -2.49. The number of rotatable bonds is 11. The van der Waals surface area contributed by atoms with Crippen LogP contribution in [0.1, 0.15) is 31.0 Å². The van der Waals surface area contributed by atoms with Crippen molar-refractivity contribution >= 4 is 29.4 Å². The number of pyridine rings is 1. The lowest BCUT2D eigenvalue weighted by atomic mass is 10.1. The summed E-state index contributed by atoms with van der Waals surface area (Å²) in [5.74, 6) is -1.64. The van der Waals surface area contributed by atoms with Crippen LogP contribution in [0.5, 0.6) is 0 Å². The molecule has 1 aliphatic carbocycles. The molecule has 0 radical (unpaired) electrons. The molecule has 2 amide bonds. The van der Waals surface area contributed by atoms with Gasteiger partial charge < -0.3 is 27.0 Å². The smallest absolute Gasteiger partial charge is 0.404 e. The van der Waals surface area contributed by atoms with Crippen LogP contribution in [0.25, 0.3) is 0 Å². The van der Waals surface area contributed by atoms with Gasteiger partial charge in [0, 0.05) is 19.0 Å². The summed E-state index contributed by atoms with van der Waals surface area (Å²) in [6.07, 6.45) is -0.270. The van der Waals surface area contributed by atoms with E-state index in [1.165, 1.54) is 24.5 Å². The standard InChI is InChI=1S/C25H27F4N7O2/c1-3-31-15(2)32-12-16(11-30)22(37)36-24(8-9-24)23(38)34-13-18-5-6-19(14-33-18)35-21-7-4-17(26)10-20(21)25(27,28)29/h4-7,10-12,14,31,35H,2-3,8-9,13,30H2,1H3,(H,34,38)(H,36,37)/b16-11+,32-12-. The Bertz CT molecular complexity index is 1250. The second-order valence-electron chi connectivity index (χ2n) is 8.43. The summed E-state index contributed by atoms with van der Waals surface area (Å²) in [5, 5.41) is 10.8. The van der Waals surface area contributed by atoms with Crippen LogP contribution in [0.15, 0.2) is 65.7 Å². The summed E-state index contributed by atoms with van der Waals surface area (Å²) < 4.78 is 52.9. The molecule has 1 aromatic heterocycles. The quantitative estimate of drug-likeness (QED) is 0.171. The molecule has 2 aromatic rings. The van der Waals surface area contributed by atoms with E-state index in [-0.39, 0.29) is 23.5 Å². The van der Waals surface area contributed by atoms with Crippen LogP contribution in [-0.4, -0.2) is 35.1 Å². The number of benzene rings is 1. The van der Waals surface area contributed by atoms with E-state index >= 15 is 0 Å². The summed E-state index contributed by atoms with van der Waals surface area (Å²) >= 11 is 0. The molecule has 1 aliphatic rings. The van der Waals surface area contributed by atoms with Crippen molar-refractivity contribution in [3.05, 3.63) is 77.8 Å². The van der Waals surface area contributed by atoms with Crippen molar-refractivity contribution in [1.29, 1.82) is 0 Å². The monoisotopic (exact) mass is 533 g/mol. The molecule has 0 aliphatic heterocycles. The highest BCUT2D eigenvalue weighted by Crippen LogP contribution is 2.37. The molecule has 6 N–H and O–H groups in total. The van der Waals surface area contributed by atoms with Crippen molar-refractivity contribution in [3.8, 4) is 0 Å². The zero-order valence-corrected chi connectivity index (χ0v) is 20.5. The van der Waals surface area contributed by atoms with Crippen LogP contribution in [-0.2, 0) is 22.3 Å². The summed E-state index contributed by atoms with van der Waals surface area (Å²) in [5.41, 5.74) is 3.70. The van der Waals surface area contributed by atoms with Gasteiger partial charge in [-0.05, 0) is 50.1 Å². The van der Waals surface area contributed by atoms with Crippen LogP contribution in [0.4, 0.5) is 28.9 Å². The normalized spacial score (nSPS) is 14.6. The maximum absolute atomic E-state index is 13.3. The van der Waals surface area contributed by atoms with Crippen molar-refractivity contribution in [1.82, 2.24) is 20.9 Å². The van der Waals surface area contributed by atoms with Gasteiger partial charge in [0.25, 0.3) is 5.91 Å². The Morgan fingerprint density at radius 2 is 1.95 bits per heavy atom. The number of nitrogens with one attached hydrogen (secondary N) is 4. The SMILES string of the molecule is C=C(/N=C\C(=C/N)C(=O)NC1(C(=O)NCc2ccc(Nc3ccc(F)cc3C(F)(F)F)cn2)CC1)NCC. The number of amides is 2. The minimum atomic E-state index is -4.75. The minimum absolute atomic E-state index is 0.0185. The van der Waals surface area contributed by atoms with Gasteiger partial charge in [0.15, 0.2) is 0 Å². The number of alkyl halides is 3. The molecule has 202 valence electrons. The Labute approximate surface area is 216 Å². The summed E-state index contributed by atoms with van der Waals surface area (Å²) in [6, 6.07) is 5.31. The fourth-order valence-corrected chi connectivity index (χ4v) is 3.36. The molecular formula is C25H27F4N7O2. The van der Waals surface area contributed by atoms with Gasteiger partial charge in [-0.3, -0.25) is 14.6 Å². The zero-order chi connectivity index (χ0) is 27.9. The highest BCUT2D eigenvalue weighted by atomic mass is 19.4. The molecule has 0 spiro atoms. The second-order valence-corrected chi connectivity index (χ2v) is 8.43. The van der Waals surface area contributed by atoms with E-state index in [0.29, 0.717) is 37.0 Å². The number of halogens is 4. The number of carbonyl (C=O) groups excluding carboxylic acids is 2. The van der Waals surface area contributed by atoms with Gasteiger partial charge in [0.2, 0.25) is 5.91 Å². The van der Waals surface area contributed by atoms with Crippen molar-refractivity contribution < 1.29 is 27.2 Å². The number of nitrogens with zero attached hydrogens (tertiary/aromatic N) is 2. The Kier molecular flexibility index (Phi) is 8.71. The molecule has 13 heteroatoms. The second kappa shape index (κ2) is 11.8. The summed E-state index contributed by atoms with van der Waals surface area (Å²) in [7, 11) is 0. The van der Waals surface area contributed by atoms with Gasteiger partial charge in [-0.2, -0.15) is 13.2 Å². The maximum atomic E-state index is 13.3. The van der Waals surface area contributed by atoms with Gasteiger partial charge in [0.1, 0.15) is 17.2 Å².